The number of para-hydroxylation sites is 1. The van der Waals surface area contributed by atoms with E-state index < -0.39 is 0 Å². The third-order valence-corrected chi connectivity index (χ3v) is 4.31. The van der Waals surface area contributed by atoms with Crippen LogP contribution in [0.4, 0.5) is 5.82 Å². The lowest BCUT2D eigenvalue weighted by molar-refractivity contribution is -0.115. The standard InChI is InChI=1S/C16H14ClN5OS/c1-11(15(23)20-14-8-7-12(17)9-18-14)24-16-19-10-22(21-16)13-5-3-2-4-6-13/h2-11H,1H3,(H,18,20,23)/t11-/m1/s1. The van der Waals surface area contributed by atoms with Crippen molar-refractivity contribution in [1.29, 1.82) is 0 Å². The van der Waals surface area contributed by atoms with E-state index >= 15 is 0 Å². The number of halogens is 1. The van der Waals surface area contributed by atoms with Gasteiger partial charge in [-0.25, -0.2) is 14.6 Å². The molecule has 0 spiro atoms. The van der Waals surface area contributed by atoms with E-state index in [2.05, 4.69) is 20.4 Å². The van der Waals surface area contributed by atoms with E-state index in [-0.39, 0.29) is 11.2 Å². The summed E-state index contributed by atoms with van der Waals surface area (Å²) in [5.74, 6) is 0.283. The number of pyridine rings is 1. The van der Waals surface area contributed by atoms with Crippen molar-refractivity contribution in [3.8, 4) is 5.69 Å². The number of nitrogens with one attached hydrogen (secondary N) is 1. The van der Waals surface area contributed by atoms with Crippen LogP contribution in [0.3, 0.4) is 0 Å². The van der Waals surface area contributed by atoms with Gasteiger partial charge in [0.2, 0.25) is 11.1 Å². The lowest BCUT2D eigenvalue weighted by Crippen LogP contribution is -2.23. The van der Waals surface area contributed by atoms with Crippen molar-refractivity contribution in [2.75, 3.05) is 5.32 Å². The number of hydrogen-bond acceptors (Lipinski definition) is 5. The van der Waals surface area contributed by atoms with Crippen molar-refractivity contribution in [1.82, 2.24) is 19.7 Å². The Labute approximate surface area is 148 Å². The fraction of sp³-hybridized carbons (Fsp3) is 0.125. The van der Waals surface area contributed by atoms with Crippen LogP contribution >= 0.6 is 23.4 Å². The summed E-state index contributed by atoms with van der Waals surface area (Å²) in [5.41, 5.74) is 0.916. The maximum atomic E-state index is 12.2. The Morgan fingerprint density at radius 3 is 2.71 bits per heavy atom. The van der Waals surface area contributed by atoms with Gasteiger partial charge < -0.3 is 5.32 Å². The Morgan fingerprint density at radius 1 is 1.21 bits per heavy atom. The SMILES string of the molecule is C[C@@H](Sc1ncn(-c2ccccc2)n1)C(=O)Nc1ccc(Cl)cn1. The monoisotopic (exact) mass is 359 g/mol. The zero-order chi connectivity index (χ0) is 16.9. The molecule has 6 nitrogen and oxygen atoms in total. The molecule has 0 saturated carbocycles. The Balaban J connectivity index is 1.62. The maximum absolute atomic E-state index is 12.2. The van der Waals surface area contributed by atoms with Crippen molar-refractivity contribution in [3.05, 3.63) is 60.0 Å². The molecule has 2 aromatic heterocycles. The molecular formula is C16H14ClN5OS. The molecule has 2 heterocycles. The highest BCUT2D eigenvalue weighted by Gasteiger charge is 2.17. The maximum Gasteiger partial charge on any atom is 0.238 e. The predicted molar refractivity (Wildman–Crippen MR) is 94.6 cm³/mol. The molecule has 0 aliphatic carbocycles. The van der Waals surface area contributed by atoms with E-state index in [4.69, 9.17) is 11.6 Å². The van der Waals surface area contributed by atoms with Crippen LogP contribution in [0.5, 0.6) is 0 Å². The van der Waals surface area contributed by atoms with E-state index in [1.54, 1.807) is 30.1 Å². The molecule has 0 radical (unpaired) electrons. The van der Waals surface area contributed by atoms with Crippen molar-refractivity contribution in [2.45, 2.75) is 17.3 Å². The van der Waals surface area contributed by atoms with Gasteiger partial charge in [0.15, 0.2) is 0 Å². The molecule has 0 unspecified atom stereocenters. The second-order valence-electron chi connectivity index (χ2n) is 4.92. The van der Waals surface area contributed by atoms with Crippen LogP contribution in [0.1, 0.15) is 6.92 Å². The van der Waals surface area contributed by atoms with Crippen LogP contribution < -0.4 is 5.32 Å². The molecule has 1 atom stereocenters. The van der Waals surface area contributed by atoms with Crippen LogP contribution in [-0.2, 0) is 4.79 Å². The number of hydrogen-bond donors (Lipinski definition) is 1. The molecule has 0 aliphatic rings. The quantitative estimate of drug-likeness (QED) is 0.706. The van der Waals surface area contributed by atoms with Gasteiger partial charge in [0, 0.05) is 6.20 Å². The molecule has 0 saturated heterocycles. The van der Waals surface area contributed by atoms with Gasteiger partial charge >= 0.3 is 0 Å². The third kappa shape index (κ3) is 4.12. The molecule has 0 fully saturated rings. The fourth-order valence-electron chi connectivity index (χ4n) is 1.90. The normalized spacial score (nSPS) is 11.9. The number of rotatable bonds is 5. The van der Waals surface area contributed by atoms with Gasteiger partial charge in [-0.2, -0.15) is 0 Å². The highest BCUT2D eigenvalue weighted by atomic mass is 35.5. The molecule has 0 bridgehead atoms. The number of carbonyl (C=O) groups is 1. The van der Waals surface area contributed by atoms with Gasteiger partial charge in [0.25, 0.3) is 0 Å². The van der Waals surface area contributed by atoms with Gasteiger partial charge in [0.05, 0.1) is 16.0 Å². The van der Waals surface area contributed by atoms with Crippen molar-refractivity contribution >= 4 is 35.1 Å². The minimum Gasteiger partial charge on any atom is -0.310 e. The molecule has 0 aliphatic heterocycles. The number of aromatic nitrogens is 4. The summed E-state index contributed by atoms with van der Waals surface area (Å²) in [4.78, 5) is 20.5. The van der Waals surface area contributed by atoms with Crippen LogP contribution in [0.15, 0.2) is 60.1 Å². The topological polar surface area (TPSA) is 72.7 Å². The average molecular weight is 360 g/mol. The minimum atomic E-state index is -0.367. The second-order valence-corrected chi connectivity index (χ2v) is 6.66. The number of anilines is 1. The van der Waals surface area contributed by atoms with Crippen LogP contribution in [0.2, 0.25) is 5.02 Å². The lowest BCUT2D eigenvalue weighted by atomic mass is 10.3. The summed E-state index contributed by atoms with van der Waals surface area (Å²) < 4.78 is 1.67. The molecule has 1 N–H and O–H groups in total. The number of amides is 1. The van der Waals surface area contributed by atoms with Gasteiger partial charge in [-0.1, -0.05) is 41.6 Å². The first kappa shape index (κ1) is 16.5. The van der Waals surface area contributed by atoms with E-state index in [0.717, 1.165) is 5.69 Å². The molecule has 8 heteroatoms. The van der Waals surface area contributed by atoms with Crippen molar-refractivity contribution < 1.29 is 4.79 Å². The Kier molecular flexibility index (Phi) is 5.12. The highest BCUT2D eigenvalue weighted by molar-refractivity contribution is 8.00. The number of nitrogens with zero attached hydrogens (tertiary/aromatic N) is 4. The minimum absolute atomic E-state index is 0.175. The predicted octanol–water partition coefficient (Wildman–Crippen LogP) is 3.44. The molecule has 3 aromatic rings. The smallest absolute Gasteiger partial charge is 0.238 e. The summed E-state index contributed by atoms with van der Waals surface area (Å²) in [5, 5.41) is 7.80. The van der Waals surface area contributed by atoms with Gasteiger partial charge in [-0.3, -0.25) is 4.79 Å². The molecule has 122 valence electrons. The molecule has 1 amide bonds. The van der Waals surface area contributed by atoms with Crippen LogP contribution in [0.25, 0.3) is 5.69 Å². The summed E-state index contributed by atoms with van der Waals surface area (Å²) in [6, 6.07) is 13.0. The molecular weight excluding hydrogens is 346 g/mol. The van der Waals surface area contributed by atoms with Gasteiger partial charge in [-0.15, -0.1) is 5.10 Å². The summed E-state index contributed by atoms with van der Waals surface area (Å²) in [6.45, 7) is 1.79. The largest absolute Gasteiger partial charge is 0.310 e. The first-order valence-corrected chi connectivity index (χ1v) is 8.44. The summed E-state index contributed by atoms with van der Waals surface area (Å²) >= 11 is 7.05. The van der Waals surface area contributed by atoms with Crippen LogP contribution in [-0.4, -0.2) is 30.9 Å². The van der Waals surface area contributed by atoms with E-state index in [1.807, 2.05) is 30.3 Å². The molecule has 3 rings (SSSR count). The summed E-state index contributed by atoms with van der Waals surface area (Å²) in [7, 11) is 0. The van der Waals surface area contributed by atoms with Gasteiger partial charge in [-0.05, 0) is 31.2 Å². The second kappa shape index (κ2) is 7.46. The Morgan fingerprint density at radius 2 is 2.00 bits per heavy atom. The first-order chi connectivity index (χ1) is 11.6. The van der Waals surface area contributed by atoms with Crippen LogP contribution in [0, 0.1) is 0 Å². The lowest BCUT2D eigenvalue weighted by Gasteiger charge is -2.09. The Hall–Kier alpha value is -2.38. The molecule has 24 heavy (non-hydrogen) atoms. The highest BCUT2D eigenvalue weighted by Crippen LogP contribution is 2.21. The number of thioether (sulfide) groups is 1. The van der Waals surface area contributed by atoms with Crippen molar-refractivity contribution in [2.24, 2.45) is 0 Å². The van der Waals surface area contributed by atoms with Gasteiger partial charge in [0.1, 0.15) is 12.1 Å². The molecule has 1 aromatic carbocycles. The van der Waals surface area contributed by atoms with E-state index in [9.17, 15) is 4.79 Å². The Bertz CT molecular complexity index is 822. The first-order valence-electron chi connectivity index (χ1n) is 7.18. The zero-order valence-electron chi connectivity index (χ0n) is 12.8. The van der Waals surface area contributed by atoms with E-state index in [1.165, 1.54) is 18.0 Å². The zero-order valence-corrected chi connectivity index (χ0v) is 14.3. The van der Waals surface area contributed by atoms with Crippen molar-refractivity contribution in [3.63, 3.8) is 0 Å². The average Bonchev–Trinajstić information content (AvgIpc) is 3.06. The number of benzene rings is 1. The third-order valence-electron chi connectivity index (χ3n) is 3.12. The van der Waals surface area contributed by atoms with E-state index in [0.29, 0.717) is 16.0 Å². The fourth-order valence-corrected chi connectivity index (χ4v) is 2.73. The summed E-state index contributed by atoms with van der Waals surface area (Å²) in [6.07, 6.45) is 3.11. The number of carbonyl (C=O) groups excluding carboxylic acids is 1.